The molecule has 1 N–H and O–H groups in total. The van der Waals surface area contributed by atoms with Gasteiger partial charge in [-0.25, -0.2) is 9.80 Å². The second-order valence-electron chi connectivity index (χ2n) is 5.67. The molecule has 1 aromatic heterocycles. The Balaban J connectivity index is 2.05. The van der Waals surface area contributed by atoms with Crippen LogP contribution in [0, 0.1) is 6.92 Å². The van der Waals surface area contributed by atoms with E-state index in [0.29, 0.717) is 24.3 Å². The Hall–Kier alpha value is -2.89. The molecule has 6 heteroatoms. The van der Waals surface area contributed by atoms with Crippen molar-refractivity contribution in [2.75, 3.05) is 0 Å². The van der Waals surface area contributed by atoms with E-state index in [2.05, 4.69) is 5.10 Å². The standard InChI is InChI=1S/C18H18N2O4/c1-3-16(22)20-14(12-7-5-4-6-8-12)10-13(19-20)17-15(21)9-11(2)24-18(17)23/h4-9,14,21H,3,10H2,1-2H3/t14-/m0/s1. The number of aromatic hydroxyl groups is 1. The monoisotopic (exact) mass is 326 g/mol. The summed E-state index contributed by atoms with van der Waals surface area (Å²) in [5.41, 5.74) is 0.655. The predicted molar refractivity (Wildman–Crippen MR) is 88.9 cm³/mol. The van der Waals surface area contributed by atoms with Crippen LogP contribution in [0.15, 0.2) is 50.7 Å². The van der Waals surface area contributed by atoms with E-state index in [9.17, 15) is 14.7 Å². The Morgan fingerprint density at radius 1 is 1.38 bits per heavy atom. The van der Waals surface area contributed by atoms with Gasteiger partial charge in [0.2, 0.25) is 5.91 Å². The molecule has 0 aliphatic carbocycles. The molecule has 0 bridgehead atoms. The fourth-order valence-electron chi connectivity index (χ4n) is 2.85. The molecule has 1 aliphatic rings. The SMILES string of the molecule is CCC(=O)N1N=C(c2c(O)cc(C)oc2=O)C[C@H]1c1ccccc1. The summed E-state index contributed by atoms with van der Waals surface area (Å²) in [5, 5.41) is 15.8. The van der Waals surface area contributed by atoms with Crippen molar-refractivity contribution in [3.63, 3.8) is 0 Å². The summed E-state index contributed by atoms with van der Waals surface area (Å²) in [6.45, 7) is 3.34. The molecular weight excluding hydrogens is 308 g/mol. The van der Waals surface area contributed by atoms with E-state index in [0.717, 1.165) is 5.56 Å². The van der Waals surface area contributed by atoms with Crippen LogP contribution in [-0.2, 0) is 4.79 Å². The molecule has 0 radical (unpaired) electrons. The Kier molecular flexibility index (Phi) is 4.20. The predicted octanol–water partition coefficient (Wildman–Crippen LogP) is 2.74. The smallest absolute Gasteiger partial charge is 0.348 e. The summed E-state index contributed by atoms with van der Waals surface area (Å²) in [5.74, 6) is -0.00380. The first-order valence-corrected chi connectivity index (χ1v) is 7.79. The van der Waals surface area contributed by atoms with E-state index in [-0.39, 0.29) is 23.3 Å². The molecule has 1 aromatic carbocycles. The quantitative estimate of drug-likeness (QED) is 0.940. The maximum Gasteiger partial charge on any atom is 0.348 e. The molecule has 6 nitrogen and oxygen atoms in total. The lowest BCUT2D eigenvalue weighted by molar-refractivity contribution is -0.132. The molecule has 2 heterocycles. The molecule has 0 fully saturated rings. The molecule has 3 rings (SSSR count). The summed E-state index contributed by atoms with van der Waals surface area (Å²) in [6, 6.07) is 10.6. The third-order valence-electron chi connectivity index (χ3n) is 4.00. The van der Waals surface area contributed by atoms with Gasteiger partial charge in [-0.15, -0.1) is 0 Å². The van der Waals surface area contributed by atoms with Crippen molar-refractivity contribution in [3.8, 4) is 5.75 Å². The van der Waals surface area contributed by atoms with Crippen LogP contribution in [0.5, 0.6) is 5.75 Å². The number of benzene rings is 1. The molecule has 1 atom stereocenters. The van der Waals surface area contributed by atoms with Crippen LogP contribution in [0.4, 0.5) is 0 Å². The highest BCUT2D eigenvalue weighted by atomic mass is 16.4. The van der Waals surface area contributed by atoms with E-state index >= 15 is 0 Å². The van der Waals surface area contributed by atoms with Crippen molar-refractivity contribution < 1.29 is 14.3 Å². The second-order valence-corrected chi connectivity index (χ2v) is 5.67. The summed E-state index contributed by atoms with van der Waals surface area (Å²) in [4.78, 5) is 24.4. The van der Waals surface area contributed by atoms with Crippen molar-refractivity contribution >= 4 is 11.6 Å². The number of carbonyl (C=O) groups is 1. The molecule has 24 heavy (non-hydrogen) atoms. The molecule has 0 saturated heterocycles. The van der Waals surface area contributed by atoms with Crippen LogP contribution in [0.2, 0.25) is 0 Å². The van der Waals surface area contributed by atoms with Gasteiger partial charge in [-0.3, -0.25) is 4.79 Å². The van der Waals surface area contributed by atoms with E-state index in [1.54, 1.807) is 13.8 Å². The molecule has 1 amide bonds. The molecule has 0 saturated carbocycles. The largest absolute Gasteiger partial charge is 0.507 e. The lowest BCUT2D eigenvalue weighted by Crippen LogP contribution is -2.26. The maximum atomic E-state index is 12.3. The van der Waals surface area contributed by atoms with Crippen LogP contribution in [-0.4, -0.2) is 21.7 Å². The number of hydrogen-bond acceptors (Lipinski definition) is 5. The third-order valence-corrected chi connectivity index (χ3v) is 4.00. The van der Waals surface area contributed by atoms with Gasteiger partial charge in [0.15, 0.2) is 0 Å². The van der Waals surface area contributed by atoms with Gasteiger partial charge >= 0.3 is 5.63 Å². The number of amides is 1. The molecule has 0 spiro atoms. The first-order chi connectivity index (χ1) is 11.5. The van der Waals surface area contributed by atoms with Crippen LogP contribution in [0.1, 0.15) is 42.7 Å². The normalized spacial score (nSPS) is 17.0. The zero-order valence-electron chi connectivity index (χ0n) is 13.5. The van der Waals surface area contributed by atoms with Crippen LogP contribution in [0.3, 0.4) is 0 Å². The fraction of sp³-hybridized carbons (Fsp3) is 0.278. The number of aryl methyl sites for hydroxylation is 1. The fourth-order valence-corrected chi connectivity index (χ4v) is 2.85. The highest BCUT2D eigenvalue weighted by Crippen LogP contribution is 2.34. The topological polar surface area (TPSA) is 83.1 Å². The summed E-state index contributed by atoms with van der Waals surface area (Å²) >= 11 is 0. The van der Waals surface area contributed by atoms with Gasteiger partial charge in [0.05, 0.1) is 11.8 Å². The number of hydrazone groups is 1. The van der Waals surface area contributed by atoms with Crippen molar-refractivity contribution in [1.82, 2.24) is 5.01 Å². The zero-order chi connectivity index (χ0) is 17.3. The van der Waals surface area contributed by atoms with Gasteiger partial charge < -0.3 is 9.52 Å². The van der Waals surface area contributed by atoms with Gasteiger partial charge in [-0.05, 0) is 12.5 Å². The lowest BCUT2D eigenvalue weighted by atomic mass is 9.98. The molecule has 124 valence electrons. The van der Waals surface area contributed by atoms with Gasteiger partial charge in [-0.2, -0.15) is 5.10 Å². The van der Waals surface area contributed by atoms with Crippen LogP contribution in [0.25, 0.3) is 0 Å². The summed E-state index contributed by atoms with van der Waals surface area (Å²) < 4.78 is 5.06. The first kappa shape index (κ1) is 16.0. The van der Waals surface area contributed by atoms with E-state index in [1.807, 2.05) is 30.3 Å². The molecular formula is C18H18N2O4. The van der Waals surface area contributed by atoms with E-state index < -0.39 is 5.63 Å². The van der Waals surface area contributed by atoms with Crippen LogP contribution >= 0.6 is 0 Å². The second kappa shape index (κ2) is 6.31. The average Bonchev–Trinajstić information content (AvgIpc) is 2.99. The van der Waals surface area contributed by atoms with E-state index in [1.165, 1.54) is 11.1 Å². The minimum absolute atomic E-state index is 0.0212. The Morgan fingerprint density at radius 3 is 2.71 bits per heavy atom. The van der Waals surface area contributed by atoms with Crippen molar-refractivity contribution in [1.29, 1.82) is 0 Å². The number of nitrogens with zero attached hydrogens (tertiary/aromatic N) is 2. The Labute approximate surface area is 139 Å². The van der Waals surface area contributed by atoms with Crippen LogP contribution < -0.4 is 5.63 Å². The van der Waals surface area contributed by atoms with E-state index in [4.69, 9.17) is 4.42 Å². The number of carbonyl (C=O) groups excluding carboxylic acids is 1. The Morgan fingerprint density at radius 2 is 2.08 bits per heavy atom. The molecule has 1 aliphatic heterocycles. The van der Waals surface area contributed by atoms with Gasteiger partial charge in [0.25, 0.3) is 0 Å². The minimum atomic E-state index is -0.649. The van der Waals surface area contributed by atoms with Gasteiger partial charge in [0, 0.05) is 18.9 Å². The van der Waals surface area contributed by atoms with Gasteiger partial charge in [0.1, 0.15) is 17.1 Å². The zero-order valence-corrected chi connectivity index (χ0v) is 13.5. The minimum Gasteiger partial charge on any atom is -0.507 e. The van der Waals surface area contributed by atoms with Crippen molar-refractivity contribution in [2.45, 2.75) is 32.7 Å². The Bertz CT molecular complexity index is 855. The van der Waals surface area contributed by atoms with Crippen molar-refractivity contribution in [2.24, 2.45) is 5.10 Å². The number of hydrogen-bond donors (Lipinski definition) is 1. The van der Waals surface area contributed by atoms with Gasteiger partial charge in [-0.1, -0.05) is 37.3 Å². The molecule has 2 aromatic rings. The molecule has 0 unspecified atom stereocenters. The average molecular weight is 326 g/mol. The number of rotatable bonds is 3. The van der Waals surface area contributed by atoms with Crippen molar-refractivity contribution in [3.05, 3.63) is 63.7 Å². The first-order valence-electron chi connectivity index (χ1n) is 7.79. The maximum absolute atomic E-state index is 12.3. The highest BCUT2D eigenvalue weighted by Gasteiger charge is 2.34. The third kappa shape index (κ3) is 2.82. The lowest BCUT2D eigenvalue weighted by Gasteiger charge is -2.21. The highest BCUT2D eigenvalue weighted by molar-refractivity contribution is 6.04. The summed E-state index contributed by atoms with van der Waals surface area (Å²) in [7, 11) is 0. The summed E-state index contributed by atoms with van der Waals surface area (Å²) in [6.07, 6.45) is 0.645.